The third-order valence-electron chi connectivity index (χ3n) is 2.37. The molecule has 0 aliphatic carbocycles. The highest BCUT2D eigenvalue weighted by Crippen LogP contribution is 2.19. The summed E-state index contributed by atoms with van der Waals surface area (Å²) in [6, 6.07) is 5.50. The highest BCUT2D eigenvalue weighted by molar-refractivity contribution is 6.58. The van der Waals surface area contributed by atoms with E-state index in [4.69, 9.17) is 10.0 Å². The number of hydrogen-bond donors (Lipinski definition) is 3. The van der Waals surface area contributed by atoms with Crippen LogP contribution in [0.25, 0.3) is 0 Å². The van der Waals surface area contributed by atoms with Gasteiger partial charge in [0.2, 0.25) is 0 Å². The molecule has 1 aliphatic heterocycles. The number of rotatable bonds is 1. The van der Waals surface area contributed by atoms with Crippen LogP contribution in [0.15, 0.2) is 18.2 Å². The zero-order valence-electron chi connectivity index (χ0n) is 7.33. The number of aryl methyl sites for hydroxylation is 1. The van der Waals surface area contributed by atoms with Crippen molar-refractivity contribution in [1.82, 2.24) is 0 Å². The molecule has 3 nitrogen and oxygen atoms in total. The monoisotopic (exact) mass is 177 g/mol. The SMILES string of the molecule is OB(O)c1ccc2c(c1)CCCN2. The molecule has 4 heteroatoms. The van der Waals surface area contributed by atoms with Gasteiger partial charge >= 0.3 is 7.12 Å². The summed E-state index contributed by atoms with van der Waals surface area (Å²) in [6.45, 7) is 1.01. The van der Waals surface area contributed by atoms with Crippen molar-refractivity contribution in [2.75, 3.05) is 11.9 Å². The van der Waals surface area contributed by atoms with Crippen molar-refractivity contribution in [2.45, 2.75) is 12.8 Å². The molecule has 1 aromatic rings. The summed E-state index contributed by atoms with van der Waals surface area (Å²) >= 11 is 0. The largest absolute Gasteiger partial charge is 0.488 e. The van der Waals surface area contributed by atoms with Crippen molar-refractivity contribution < 1.29 is 10.0 Å². The van der Waals surface area contributed by atoms with Crippen LogP contribution in [0.3, 0.4) is 0 Å². The Balaban J connectivity index is 2.35. The van der Waals surface area contributed by atoms with Crippen molar-refractivity contribution in [3.8, 4) is 0 Å². The Morgan fingerprint density at radius 3 is 2.92 bits per heavy atom. The quantitative estimate of drug-likeness (QED) is 0.517. The predicted molar refractivity (Wildman–Crippen MR) is 53.1 cm³/mol. The number of fused-ring (bicyclic) bond motifs is 1. The van der Waals surface area contributed by atoms with Crippen LogP contribution in [0, 0.1) is 0 Å². The Kier molecular flexibility index (Phi) is 2.25. The second-order valence-electron chi connectivity index (χ2n) is 3.32. The van der Waals surface area contributed by atoms with E-state index in [1.807, 2.05) is 12.1 Å². The predicted octanol–water partition coefficient (Wildman–Crippen LogP) is -0.276. The second kappa shape index (κ2) is 3.40. The zero-order valence-corrected chi connectivity index (χ0v) is 7.33. The average molecular weight is 177 g/mol. The van der Waals surface area contributed by atoms with Crippen LogP contribution < -0.4 is 10.8 Å². The molecule has 68 valence electrons. The first kappa shape index (κ1) is 8.60. The topological polar surface area (TPSA) is 52.5 Å². The van der Waals surface area contributed by atoms with Crippen LogP contribution in [0.1, 0.15) is 12.0 Å². The van der Waals surface area contributed by atoms with Gasteiger partial charge < -0.3 is 15.4 Å². The Bertz CT molecular complexity index is 314. The minimum absolute atomic E-state index is 0.572. The minimum atomic E-state index is -1.35. The lowest BCUT2D eigenvalue weighted by Crippen LogP contribution is -2.30. The van der Waals surface area contributed by atoms with Crippen LogP contribution in [0.4, 0.5) is 5.69 Å². The Morgan fingerprint density at radius 1 is 1.31 bits per heavy atom. The Morgan fingerprint density at radius 2 is 2.15 bits per heavy atom. The van der Waals surface area contributed by atoms with Gasteiger partial charge in [0.15, 0.2) is 0 Å². The van der Waals surface area contributed by atoms with Crippen LogP contribution in [0.2, 0.25) is 0 Å². The molecular weight excluding hydrogens is 165 g/mol. The first-order valence-electron chi connectivity index (χ1n) is 4.50. The van der Waals surface area contributed by atoms with Gasteiger partial charge in [0, 0.05) is 12.2 Å². The molecule has 0 radical (unpaired) electrons. The van der Waals surface area contributed by atoms with Crippen LogP contribution in [-0.2, 0) is 6.42 Å². The van der Waals surface area contributed by atoms with Gasteiger partial charge in [-0.25, -0.2) is 0 Å². The van der Waals surface area contributed by atoms with Crippen LogP contribution >= 0.6 is 0 Å². The summed E-state index contributed by atoms with van der Waals surface area (Å²) in [5.41, 5.74) is 2.87. The second-order valence-corrected chi connectivity index (χ2v) is 3.32. The maximum atomic E-state index is 8.96. The normalized spacial score (nSPS) is 14.6. The summed E-state index contributed by atoms with van der Waals surface area (Å²) in [5.74, 6) is 0. The van der Waals surface area contributed by atoms with Gasteiger partial charge in [-0.05, 0) is 29.9 Å². The molecule has 0 bridgehead atoms. The molecule has 0 atom stereocenters. The van der Waals surface area contributed by atoms with Gasteiger partial charge in [0.05, 0.1) is 0 Å². The van der Waals surface area contributed by atoms with E-state index in [0.717, 1.165) is 25.1 Å². The molecule has 3 N–H and O–H groups in total. The fourth-order valence-corrected chi connectivity index (χ4v) is 1.66. The van der Waals surface area contributed by atoms with Gasteiger partial charge in [0.1, 0.15) is 0 Å². The van der Waals surface area contributed by atoms with Crippen LogP contribution in [0.5, 0.6) is 0 Å². The lowest BCUT2D eigenvalue weighted by atomic mass is 9.78. The fraction of sp³-hybridized carbons (Fsp3) is 0.333. The highest BCUT2D eigenvalue weighted by atomic mass is 16.4. The van der Waals surface area contributed by atoms with Gasteiger partial charge in [0.25, 0.3) is 0 Å². The molecule has 1 aromatic carbocycles. The van der Waals surface area contributed by atoms with Gasteiger partial charge in [-0.2, -0.15) is 0 Å². The molecule has 0 saturated carbocycles. The first-order valence-corrected chi connectivity index (χ1v) is 4.50. The Hall–Kier alpha value is -0.995. The molecule has 13 heavy (non-hydrogen) atoms. The lowest BCUT2D eigenvalue weighted by Gasteiger charge is -2.18. The van der Waals surface area contributed by atoms with E-state index < -0.39 is 7.12 Å². The molecule has 0 saturated heterocycles. The third kappa shape index (κ3) is 1.69. The van der Waals surface area contributed by atoms with Crippen LogP contribution in [-0.4, -0.2) is 23.7 Å². The van der Waals surface area contributed by atoms with E-state index in [2.05, 4.69) is 5.32 Å². The number of hydrogen-bond acceptors (Lipinski definition) is 3. The zero-order chi connectivity index (χ0) is 9.26. The minimum Gasteiger partial charge on any atom is -0.423 e. The number of anilines is 1. The summed E-state index contributed by atoms with van der Waals surface area (Å²) in [4.78, 5) is 0. The summed E-state index contributed by atoms with van der Waals surface area (Å²) in [7, 11) is -1.35. The first-order chi connectivity index (χ1) is 6.27. The standard InChI is InChI=1S/C9H12BNO2/c12-10(13)8-3-4-9-7(6-8)2-1-5-11-9/h3-4,6,11-13H,1-2,5H2. The molecule has 0 spiro atoms. The van der Waals surface area contributed by atoms with Gasteiger partial charge in [-0.1, -0.05) is 12.1 Å². The maximum absolute atomic E-state index is 8.96. The molecule has 1 heterocycles. The van der Waals surface area contributed by atoms with Crippen molar-refractivity contribution in [3.63, 3.8) is 0 Å². The lowest BCUT2D eigenvalue weighted by molar-refractivity contribution is 0.425. The smallest absolute Gasteiger partial charge is 0.423 e. The number of nitrogens with one attached hydrogen (secondary N) is 1. The van der Waals surface area contributed by atoms with E-state index in [1.165, 1.54) is 5.56 Å². The molecular formula is C9H12BNO2. The summed E-state index contributed by atoms with van der Waals surface area (Å²) in [5, 5.41) is 21.2. The van der Waals surface area contributed by atoms with Crippen molar-refractivity contribution in [1.29, 1.82) is 0 Å². The molecule has 0 unspecified atom stereocenters. The third-order valence-corrected chi connectivity index (χ3v) is 2.37. The number of benzene rings is 1. The highest BCUT2D eigenvalue weighted by Gasteiger charge is 2.14. The van der Waals surface area contributed by atoms with Gasteiger partial charge in [-0.3, -0.25) is 0 Å². The van der Waals surface area contributed by atoms with E-state index in [9.17, 15) is 0 Å². The maximum Gasteiger partial charge on any atom is 0.488 e. The van der Waals surface area contributed by atoms with Crippen molar-refractivity contribution in [3.05, 3.63) is 23.8 Å². The average Bonchev–Trinajstić information content (AvgIpc) is 2.17. The fourth-order valence-electron chi connectivity index (χ4n) is 1.66. The molecule has 0 fully saturated rings. The van der Waals surface area contributed by atoms with Gasteiger partial charge in [-0.15, -0.1) is 0 Å². The van der Waals surface area contributed by atoms with E-state index in [1.54, 1.807) is 6.07 Å². The Labute approximate surface area is 77.6 Å². The van der Waals surface area contributed by atoms with E-state index in [-0.39, 0.29) is 0 Å². The summed E-state index contributed by atoms with van der Waals surface area (Å²) in [6.07, 6.45) is 2.13. The van der Waals surface area contributed by atoms with E-state index >= 15 is 0 Å². The molecule has 2 rings (SSSR count). The van der Waals surface area contributed by atoms with E-state index in [0.29, 0.717) is 5.46 Å². The van der Waals surface area contributed by atoms with Crippen molar-refractivity contribution >= 4 is 18.3 Å². The molecule has 1 aliphatic rings. The molecule has 0 amide bonds. The molecule has 0 aromatic heterocycles. The summed E-state index contributed by atoms with van der Waals surface area (Å²) < 4.78 is 0. The van der Waals surface area contributed by atoms with Crippen molar-refractivity contribution in [2.24, 2.45) is 0 Å².